The van der Waals surface area contributed by atoms with Crippen molar-refractivity contribution in [3.8, 4) is 16.9 Å². The molecule has 1 saturated heterocycles. The van der Waals surface area contributed by atoms with Gasteiger partial charge >= 0.3 is 0 Å². The van der Waals surface area contributed by atoms with Crippen molar-refractivity contribution in [2.75, 3.05) is 43.5 Å². The summed E-state index contributed by atoms with van der Waals surface area (Å²) in [4.78, 5) is 32.0. The summed E-state index contributed by atoms with van der Waals surface area (Å²) >= 11 is 3.32. The molecule has 0 aliphatic carbocycles. The van der Waals surface area contributed by atoms with E-state index in [0.717, 1.165) is 28.1 Å². The number of hydrogen-bond acceptors (Lipinski definition) is 6. The van der Waals surface area contributed by atoms with Crippen molar-refractivity contribution in [3.05, 3.63) is 87.6 Å². The molecule has 0 unspecified atom stereocenters. The van der Waals surface area contributed by atoms with E-state index in [9.17, 15) is 9.59 Å². The molecule has 39 heavy (non-hydrogen) atoms. The van der Waals surface area contributed by atoms with Crippen LogP contribution >= 0.6 is 23.1 Å². The Morgan fingerprint density at radius 3 is 2.46 bits per heavy atom. The summed E-state index contributed by atoms with van der Waals surface area (Å²) in [6, 6.07) is 20.4. The first-order chi connectivity index (χ1) is 19.0. The minimum absolute atomic E-state index is 0.0334. The van der Waals surface area contributed by atoms with Crippen LogP contribution in [0.1, 0.15) is 26.8 Å². The van der Waals surface area contributed by atoms with E-state index < -0.39 is 0 Å². The first kappa shape index (κ1) is 25.9. The highest BCUT2D eigenvalue weighted by Gasteiger charge is 2.39. The van der Waals surface area contributed by atoms with Gasteiger partial charge in [0.05, 0.1) is 35.6 Å². The van der Waals surface area contributed by atoms with Crippen molar-refractivity contribution in [1.82, 2.24) is 14.7 Å². The lowest BCUT2D eigenvalue weighted by molar-refractivity contribution is -0.134. The van der Waals surface area contributed by atoms with Gasteiger partial charge in [-0.2, -0.15) is 5.10 Å². The van der Waals surface area contributed by atoms with Gasteiger partial charge in [0.2, 0.25) is 11.8 Å². The van der Waals surface area contributed by atoms with E-state index in [2.05, 4.69) is 30.5 Å². The Morgan fingerprint density at radius 1 is 1.03 bits per heavy atom. The molecule has 6 rings (SSSR count). The summed E-state index contributed by atoms with van der Waals surface area (Å²) in [7, 11) is 0. The topological polar surface area (TPSA) is 67.7 Å². The lowest BCUT2D eigenvalue weighted by atomic mass is 10.0. The number of thiophene rings is 1. The maximum absolute atomic E-state index is 13.9. The summed E-state index contributed by atoms with van der Waals surface area (Å²) < 4.78 is 7.32. The predicted molar refractivity (Wildman–Crippen MR) is 157 cm³/mol. The number of aromatic nitrogens is 2. The first-order valence-electron chi connectivity index (χ1n) is 13.1. The molecular weight excluding hydrogens is 528 g/mol. The molecule has 200 valence electrons. The molecule has 0 N–H and O–H groups in total. The number of ether oxygens (including phenoxy) is 1. The van der Waals surface area contributed by atoms with Crippen molar-refractivity contribution < 1.29 is 14.3 Å². The fourth-order valence-electron chi connectivity index (χ4n) is 5.10. The van der Waals surface area contributed by atoms with E-state index in [1.165, 1.54) is 10.4 Å². The third-order valence-electron chi connectivity index (χ3n) is 7.21. The van der Waals surface area contributed by atoms with Crippen LogP contribution in [0.25, 0.3) is 16.9 Å². The maximum Gasteiger partial charge on any atom is 0.242 e. The molecular formula is C30H30N4O3S2. The summed E-state index contributed by atoms with van der Waals surface area (Å²) in [5, 5.41) is 7.17. The Balaban J connectivity index is 1.58. The van der Waals surface area contributed by atoms with Crippen molar-refractivity contribution in [3.63, 3.8) is 0 Å². The molecule has 9 heteroatoms. The Labute approximate surface area is 236 Å². The standard InChI is InChI=1S/C30H30N4O3S2/c1-20-8-10-23(11-9-20)34-30-26(27(31-34)22-6-4-3-5-7-22)29(28-21(2)12-17-38-28)39-19-25(36)33(30)18-24(35)32-13-15-37-16-14-32/h3-12,17,29H,13-16,18-19H2,1-2H3/t29-/m1/s1. The number of fused-ring (bicyclic) bond motifs is 1. The van der Waals surface area contributed by atoms with E-state index in [4.69, 9.17) is 9.84 Å². The van der Waals surface area contributed by atoms with Crippen molar-refractivity contribution in [1.29, 1.82) is 0 Å². The molecule has 2 aliphatic heterocycles. The normalized spacial score (nSPS) is 17.7. The molecule has 0 spiro atoms. The average molecular weight is 559 g/mol. The number of amides is 2. The van der Waals surface area contributed by atoms with Crippen LogP contribution in [-0.4, -0.2) is 65.1 Å². The Morgan fingerprint density at radius 2 is 1.77 bits per heavy atom. The first-order valence-corrected chi connectivity index (χ1v) is 15.0. The minimum Gasteiger partial charge on any atom is -0.378 e. The number of aryl methyl sites for hydroxylation is 2. The summed E-state index contributed by atoms with van der Waals surface area (Å²) in [5.41, 5.74) is 5.96. The molecule has 7 nitrogen and oxygen atoms in total. The van der Waals surface area contributed by atoms with Crippen LogP contribution in [0.2, 0.25) is 0 Å². The summed E-state index contributed by atoms with van der Waals surface area (Å²) in [6.45, 7) is 6.23. The largest absolute Gasteiger partial charge is 0.378 e. The molecule has 0 bridgehead atoms. The number of hydrogen-bond donors (Lipinski definition) is 0. The number of carbonyl (C=O) groups is 2. The summed E-state index contributed by atoms with van der Waals surface area (Å²) in [5.74, 6) is 0.778. The minimum atomic E-state index is -0.0955. The highest BCUT2D eigenvalue weighted by molar-refractivity contribution is 8.00. The molecule has 2 aromatic heterocycles. The van der Waals surface area contributed by atoms with Crippen molar-refractivity contribution in [2.24, 2.45) is 0 Å². The zero-order chi connectivity index (χ0) is 26.9. The van der Waals surface area contributed by atoms with Gasteiger partial charge in [0.15, 0.2) is 0 Å². The third-order valence-corrected chi connectivity index (χ3v) is 9.66. The van der Waals surface area contributed by atoms with Crippen LogP contribution in [0, 0.1) is 13.8 Å². The van der Waals surface area contributed by atoms with Crippen molar-refractivity contribution in [2.45, 2.75) is 19.1 Å². The van der Waals surface area contributed by atoms with Gasteiger partial charge in [-0.1, -0.05) is 48.0 Å². The van der Waals surface area contributed by atoms with Crippen LogP contribution in [0.3, 0.4) is 0 Å². The number of anilines is 1. The number of benzene rings is 2. The lowest BCUT2D eigenvalue weighted by Gasteiger charge is -2.30. The van der Waals surface area contributed by atoms with E-state index in [0.29, 0.717) is 32.1 Å². The number of thioether (sulfide) groups is 1. The number of nitrogens with zero attached hydrogens (tertiary/aromatic N) is 4. The third kappa shape index (κ3) is 5.02. The SMILES string of the molecule is Cc1ccc(-n2nc(-c3ccccc3)c3c2N(CC(=O)N2CCOCC2)C(=O)CS[C@H]3c2sccc2C)cc1. The van der Waals surface area contributed by atoms with Gasteiger partial charge in [0.1, 0.15) is 12.4 Å². The van der Waals surface area contributed by atoms with Gasteiger partial charge in [-0.05, 0) is 43.0 Å². The molecule has 2 amide bonds. The smallest absolute Gasteiger partial charge is 0.242 e. The molecule has 4 aromatic rings. The Bertz CT molecular complexity index is 1490. The Hall–Kier alpha value is -3.40. The van der Waals surface area contributed by atoms with Gasteiger partial charge in [-0.15, -0.1) is 23.1 Å². The molecule has 2 aromatic carbocycles. The Kier molecular flexibility index (Phi) is 7.29. The highest BCUT2D eigenvalue weighted by Crippen LogP contribution is 2.50. The van der Waals surface area contributed by atoms with E-state index >= 15 is 0 Å². The molecule has 1 fully saturated rings. The van der Waals surface area contributed by atoms with Gasteiger partial charge in [-0.3, -0.25) is 14.5 Å². The number of rotatable bonds is 5. The van der Waals surface area contributed by atoms with E-state index in [1.807, 2.05) is 54.1 Å². The van der Waals surface area contributed by atoms with Crippen LogP contribution in [-0.2, 0) is 14.3 Å². The van der Waals surface area contributed by atoms with Gasteiger partial charge in [-0.25, -0.2) is 4.68 Å². The van der Waals surface area contributed by atoms with E-state index in [-0.39, 0.29) is 29.4 Å². The monoisotopic (exact) mass is 558 g/mol. The van der Waals surface area contributed by atoms with Gasteiger partial charge < -0.3 is 9.64 Å². The van der Waals surface area contributed by atoms with Gasteiger partial charge in [0, 0.05) is 29.1 Å². The molecule has 4 heterocycles. The summed E-state index contributed by atoms with van der Waals surface area (Å²) in [6.07, 6.45) is 0. The zero-order valence-corrected chi connectivity index (χ0v) is 23.6. The lowest BCUT2D eigenvalue weighted by Crippen LogP contribution is -2.48. The molecule has 0 saturated carbocycles. The maximum atomic E-state index is 13.9. The van der Waals surface area contributed by atoms with Crippen LogP contribution < -0.4 is 4.90 Å². The fourth-order valence-corrected chi connectivity index (χ4v) is 7.57. The molecule has 0 radical (unpaired) electrons. The second kappa shape index (κ2) is 11.0. The average Bonchev–Trinajstić information content (AvgIpc) is 3.54. The highest BCUT2D eigenvalue weighted by atomic mass is 32.2. The van der Waals surface area contributed by atoms with Crippen LogP contribution in [0.15, 0.2) is 66.0 Å². The van der Waals surface area contributed by atoms with Crippen LogP contribution in [0.4, 0.5) is 5.82 Å². The second-order valence-corrected chi connectivity index (χ2v) is 11.9. The molecule has 1 atom stereocenters. The van der Waals surface area contributed by atoms with Crippen molar-refractivity contribution >= 4 is 40.7 Å². The van der Waals surface area contributed by atoms with Crippen LogP contribution in [0.5, 0.6) is 0 Å². The quantitative estimate of drug-likeness (QED) is 0.335. The second-order valence-electron chi connectivity index (χ2n) is 9.83. The number of carbonyl (C=O) groups excluding carboxylic acids is 2. The number of morpholine rings is 1. The predicted octanol–water partition coefficient (Wildman–Crippen LogP) is 5.25. The molecule has 2 aliphatic rings. The zero-order valence-electron chi connectivity index (χ0n) is 22.0. The van der Waals surface area contributed by atoms with Gasteiger partial charge in [0.25, 0.3) is 0 Å². The van der Waals surface area contributed by atoms with E-state index in [1.54, 1.807) is 32.9 Å². The fraction of sp³-hybridized carbons (Fsp3) is 0.300.